The molecule has 0 spiro atoms. The number of hydrogen-bond acceptors (Lipinski definition) is 1. The Morgan fingerprint density at radius 3 is 2.16 bits per heavy atom. The fraction of sp³-hybridized carbons (Fsp3) is 0.0455. The van der Waals surface area contributed by atoms with Gasteiger partial charge >= 0.3 is 0 Å². The number of fused-ring (bicyclic) bond motifs is 5. The van der Waals surface area contributed by atoms with Crippen molar-refractivity contribution < 1.29 is 0 Å². The molecule has 1 heterocycles. The number of halogens is 1. The SMILES string of the molecule is Clc1ccc(-c2nc3c([nH]2)-c2ccccc2Cc2ccccc2-3)cc1. The Bertz CT molecular complexity index is 1010. The predicted octanol–water partition coefficient (Wildman–Crippen LogP) is 5.97. The first-order valence-electron chi connectivity index (χ1n) is 8.32. The molecule has 0 aliphatic heterocycles. The Morgan fingerprint density at radius 1 is 0.760 bits per heavy atom. The number of nitrogens with zero attached hydrogens (tertiary/aromatic N) is 1. The van der Waals surface area contributed by atoms with Gasteiger partial charge in [0, 0.05) is 21.7 Å². The Labute approximate surface area is 151 Å². The number of rotatable bonds is 1. The van der Waals surface area contributed by atoms with E-state index in [4.69, 9.17) is 16.6 Å². The molecule has 4 aromatic rings. The number of aromatic nitrogens is 2. The topological polar surface area (TPSA) is 28.7 Å². The van der Waals surface area contributed by atoms with Crippen LogP contribution in [0.1, 0.15) is 11.1 Å². The average molecular weight is 343 g/mol. The fourth-order valence-corrected chi connectivity index (χ4v) is 3.66. The van der Waals surface area contributed by atoms with E-state index in [1.165, 1.54) is 22.3 Å². The molecule has 2 nitrogen and oxygen atoms in total. The van der Waals surface area contributed by atoms with E-state index in [0.717, 1.165) is 34.2 Å². The number of benzene rings is 3. The van der Waals surface area contributed by atoms with E-state index in [9.17, 15) is 0 Å². The van der Waals surface area contributed by atoms with Gasteiger partial charge in [0.05, 0.1) is 11.4 Å². The summed E-state index contributed by atoms with van der Waals surface area (Å²) in [4.78, 5) is 8.50. The Hall–Kier alpha value is -2.84. The maximum atomic E-state index is 6.03. The van der Waals surface area contributed by atoms with Gasteiger partial charge in [-0.25, -0.2) is 4.98 Å². The largest absolute Gasteiger partial charge is 0.337 e. The molecule has 0 bridgehead atoms. The first-order chi connectivity index (χ1) is 12.3. The highest BCUT2D eigenvalue weighted by atomic mass is 35.5. The second-order valence-corrected chi connectivity index (χ2v) is 6.74. The monoisotopic (exact) mass is 342 g/mol. The quantitative estimate of drug-likeness (QED) is 0.399. The summed E-state index contributed by atoms with van der Waals surface area (Å²) in [6, 6.07) is 24.9. The predicted molar refractivity (Wildman–Crippen MR) is 103 cm³/mol. The number of aromatic amines is 1. The molecule has 25 heavy (non-hydrogen) atoms. The van der Waals surface area contributed by atoms with Crippen LogP contribution in [0.3, 0.4) is 0 Å². The van der Waals surface area contributed by atoms with Gasteiger partial charge in [-0.15, -0.1) is 0 Å². The van der Waals surface area contributed by atoms with Crippen molar-refractivity contribution in [2.24, 2.45) is 0 Å². The molecule has 0 amide bonds. The second kappa shape index (κ2) is 5.61. The molecule has 3 aromatic carbocycles. The van der Waals surface area contributed by atoms with Gasteiger partial charge in [-0.2, -0.15) is 0 Å². The van der Waals surface area contributed by atoms with Crippen LogP contribution in [0.15, 0.2) is 72.8 Å². The third-order valence-electron chi connectivity index (χ3n) is 4.76. The van der Waals surface area contributed by atoms with Gasteiger partial charge in [0.2, 0.25) is 0 Å². The van der Waals surface area contributed by atoms with Crippen molar-refractivity contribution in [3.05, 3.63) is 88.9 Å². The normalized spacial score (nSPS) is 12.0. The first kappa shape index (κ1) is 14.5. The van der Waals surface area contributed by atoms with Gasteiger partial charge < -0.3 is 4.98 Å². The number of imidazole rings is 1. The van der Waals surface area contributed by atoms with Crippen molar-refractivity contribution in [2.45, 2.75) is 6.42 Å². The van der Waals surface area contributed by atoms with E-state index in [1.54, 1.807) is 0 Å². The zero-order valence-electron chi connectivity index (χ0n) is 13.5. The molecule has 120 valence electrons. The zero-order valence-corrected chi connectivity index (χ0v) is 14.2. The van der Waals surface area contributed by atoms with Crippen molar-refractivity contribution in [3.63, 3.8) is 0 Å². The standard InChI is InChI=1S/C22H15ClN2/c23-17-11-9-14(10-12-17)22-24-20-18-7-3-1-5-15(18)13-16-6-2-4-8-19(16)21(20)25-22/h1-12H,13H2,(H,24,25). The third kappa shape index (κ3) is 2.38. The Balaban J connectivity index is 1.79. The van der Waals surface area contributed by atoms with Gasteiger partial charge in [0.1, 0.15) is 5.82 Å². The number of hydrogen-bond donors (Lipinski definition) is 1. The molecule has 5 rings (SSSR count). The third-order valence-corrected chi connectivity index (χ3v) is 5.01. The summed E-state index contributed by atoms with van der Waals surface area (Å²) in [5.41, 5.74) is 8.19. The summed E-state index contributed by atoms with van der Waals surface area (Å²) >= 11 is 6.03. The van der Waals surface area contributed by atoms with E-state index in [1.807, 2.05) is 24.3 Å². The van der Waals surface area contributed by atoms with Crippen LogP contribution >= 0.6 is 11.6 Å². The molecule has 1 aliphatic carbocycles. The van der Waals surface area contributed by atoms with E-state index in [-0.39, 0.29) is 0 Å². The molecular formula is C22H15ClN2. The summed E-state index contributed by atoms with van der Waals surface area (Å²) in [6.07, 6.45) is 0.923. The molecule has 0 unspecified atom stereocenters. The smallest absolute Gasteiger partial charge is 0.138 e. The molecule has 3 heteroatoms. The van der Waals surface area contributed by atoms with Crippen LogP contribution in [0, 0.1) is 0 Å². The lowest BCUT2D eigenvalue weighted by atomic mass is 10.00. The minimum absolute atomic E-state index is 0.729. The highest BCUT2D eigenvalue weighted by Crippen LogP contribution is 2.40. The van der Waals surface area contributed by atoms with Crippen molar-refractivity contribution in [1.82, 2.24) is 9.97 Å². The summed E-state index contributed by atoms with van der Waals surface area (Å²) in [5, 5.41) is 0.729. The summed E-state index contributed by atoms with van der Waals surface area (Å²) < 4.78 is 0. The average Bonchev–Trinajstić information content (AvgIpc) is 3.03. The molecule has 0 atom stereocenters. The van der Waals surface area contributed by atoms with Crippen molar-refractivity contribution in [2.75, 3.05) is 0 Å². The lowest BCUT2D eigenvalue weighted by Gasteiger charge is -2.06. The lowest BCUT2D eigenvalue weighted by Crippen LogP contribution is -1.91. The number of H-pyrrole nitrogens is 1. The second-order valence-electron chi connectivity index (χ2n) is 6.31. The molecule has 1 N–H and O–H groups in total. The van der Waals surface area contributed by atoms with Crippen molar-refractivity contribution in [1.29, 1.82) is 0 Å². The van der Waals surface area contributed by atoms with E-state index in [0.29, 0.717) is 0 Å². The van der Waals surface area contributed by atoms with E-state index < -0.39 is 0 Å². The van der Waals surface area contributed by atoms with E-state index >= 15 is 0 Å². The molecule has 0 fully saturated rings. The molecular weight excluding hydrogens is 328 g/mol. The van der Waals surface area contributed by atoms with Gasteiger partial charge in [-0.1, -0.05) is 60.1 Å². The maximum Gasteiger partial charge on any atom is 0.138 e. The van der Waals surface area contributed by atoms with Crippen LogP contribution in [0.4, 0.5) is 0 Å². The van der Waals surface area contributed by atoms with Crippen LogP contribution in [0.2, 0.25) is 5.02 Å². The van der Waals surface area contributed by atoms with Crippen LogP contribution in [0.5, 0.6) is 0 Å². The van der Waals surface area contributed by atoms with Gasteiger partial charge in [0.15, 0.2) is 0 Å². The summed E-state index contributed by atoms with van der Waals surface area (Å²) in [5.74, 6) is 0.869. The van der Waals surface area contributed by atoms with Gasteiger partial charge in [-0.3, -0.25) is 0 Å². The minimum atomic E-state index is 0.729. The van der Waals surface area contributed by atoms with Crippen LogP contribution < -0.4 is 0 Å². The molecule has 1 aromatic heterocycles. The number of nitrogens with one attached hydrogen (secondary N) is 1. The molecule has 0 saturated heterocycles. The summed E-state index contributed by atoms with van der Waals surface area (Å²) in [7, 11) is 0. The minimum Gasteiger partial charge on any atom is -0.337 e. The molecule has 0 radical (unpaired) electrons. The van der Waals surface area contributed by atoms with Crippen molar-refractivity contribution >= 4 is 11.6 Å². The van der Waals surface area contributed by atoms with Gasteiger partial charge in [0.25, 0.3) is 0 Å². The summed E-state index contributed by atoms with van der Waals surface area (Å²) in [6.45, 7) is 0. The Morgan fingerprint density at radius 2 is 1.40 bits per heavy atom. The molecule has 0 saturated carbocycles. The van der Waals surface area contributed by atoms with Crippen LogP contribution in [-0.2, 0) is 6.42 Å². The lowest BCUT2D eigenvalue weighted by molar-refractivity contribution is 1.19. The zero-order chi connectivity index (χ0) is 16.8. The van der Waals surface area contributed by atoms with Crippen molar-refractivity contribution in [3.8, 4) is 33.9 Å². The fourth-order valence-electron chi connectivity index (χ4n) is 3.54. The van der Waals surface area contributed by atoms with E-state index in [2.05, 4.69) is 53.5 Å². The maximum absolute atomic E-state index is 6.03. The first-order valence-corrected chi connectivity index (χ1v) is 8.70. The van der Waals surface area contributed by atoms with Crippen LogP contribution in [0.25, 0.3) is 33.9 Å². The highest BCUT2D eigenvalue weighted by Gasteiger charge is 2.22. The Kier molecular flexibility index (Phi) is 3.25. The van der Waals surface area contributed by atoms with Crippen LogP contribution in [-0.4, -0.2) is 9.97 Å². The highest BCUT2D eigenvalue weighted by molar-refractivity contribution is 6.30. The van der Waals surface area contributed by atoms with Gasteiger partial charge in [-0.05, 0) is 41.8 Å². The molecule has 1 aliphatic rings.